The summed E-state index contributed by atoms with van der Waals surface area (Å²) in [5, 5.41) is 7.24. The van der Waals surface area contributed by atoms with Gasteiger partial charge in [-0.25, -0.2) is 4.79 Å². The number of amides is 1. The van der Waals surface area contributed by atoms with Crippen LogP contribution in [0.25, 0.3) is 11.0 Å². The minimum absolute atomic E-state index is 0.0392. The smallest absolute Gasteiger partial charge is 0.325 e. The van der Waals surface area contributed by atoms with E-state index in [1.807, 2.05) is 35.1 Å². The molecule has 0 spiro atoms. The van der Waals surface area contributed by atoms with Gasteiger partial charge in [0.1, 0.15) is 0 Å². The Balaban J connectivity index is 1.44. The average molecular weight is 368 g/mol. The molecule has 0 saturated carbocycles. The van der Waals surface area contributed by atoms with Gasteiger partial charge in [0.15, 0.2) is 0 Å². The molecule has 0 aliphatic carbocycles. The second kappa shape index (κ2) is 7.03. The summed E-state index contributed by atoms with van der Waals surface area (Å²) in [5.74, 6) is -0.0392. The van der Waals surface area contributed by atoms with E-state index in [0.29, 0.717) is 18.3 Å². The Morgan fingerprint density at radius 1 is 1.26 bits per heavy atom. The fourth-order valence-corrected chi connectivity index (χ4v) is 3.90. The van der Waals surface area contributed by atoms with Gasteiger partial charge in [0.2, 0.25) is 5.91 Å². The molecule has 3 aromatic rings. The highest BCUT2D eigenvalue weighted by Gasteiger charge is 2.26. The number of aryl methyl sites for hydroxylation is 2. The van der Waals surface area contributed by atoms with E-state index in [4.69, 9.17) is 0 Å². The second-order valence-corrected chi connectivity index (χ2v) is 7.15. The first-order chi connectivity index (χ1) is 13.0. The molecule has 1 N–H and O–H groups in total. The number of hydrogen-bond donors (Lipinski definition) is 1. The largest absolute Gasteiger partial charge is 0.328 e. The van der Waals surface area contributed by atoms with E-state index >= 15 is 0 Å². The fourth-order valence-electron chi connectivity index (χ4n) is 3.90. The lowest BCUT2D eigenvalue weighted by Gasteiger charge is -2.23. The van der Waals surface area contributed by atoms with E-state index in [1.54, 1.807) is 29.4 Å². The molecule has 1 fully saturated rings. The number of nitrogens with zero attached hydrogens (tertiary/aromatic N) is 5. The third kappa shape index (κ3) is 3.40. The van der Waals surface area contributed by atoms with E-state index in [9.17, 15) is 9.59 Å². The molecule has 3 heterocycles. The first-order valence-corrected chi connectivity index (χ1v) is 9.20. The van der Waals surface area contributed by atoms with Crippen LogP contribution < -0.4 is 11.0 Å². The number of benzene rings is 1. The minimum atomic E-state index is -0.0768. The SMILES string of the molecule is Cn1c(=O)n(C)c2cc(NC(=O)CN3CCC[C@H]3Cn3cccn3)ccc21. The van der Waals surface area contributed by atoms with Crippen LogP contribution in [0.15, 0.2) is 41.5 Å². The number of likely N-dealkylation sites (tertiary alicyclic amines) is 1. The fraction of sp³-hybridized carbons (Fsp3) is 0.421. The van der Waals surface area contributed by atoms with Gasteiger partial charge in [-0.2, -0.15) is 5.10 Å². The monoisotopic (exact) mass is 368 g/mol. The molecule has 8 nitrogen and oxygen atoms in total. The maximum absolute atomic E-state index is 12.6. The number of hydrogen-bond acceptors (Lipinski definition) is 4. The van der Waals surface area contributed by atoms with E-state index in [-0.39, 0.29) is 11.6 Å². The van der Waals surface area contributed by atoms with Crippen molar-refractivity contribution < 1.29 is 4.79 Å². The highest BCUT2D eigenvalue weighted by atomic mass is 16.2. The number of imidazole rings is 1. The molecule has 27 heavy (non-hydrogen) atoms. The molecular formula is C19H24N6O2. The molecule has 1 atom stereocenters. The van der Waals surface area contributed by atoms with Crippen LogP contribution in [0.1, 0.15) is 12.8 Å². The van der Waals surface area contributed by atoms with Gasteiger partial charge in [-0.3, -0.25) is 23.5 Å². The van der Waals surface area contributed by atoms with Crippen LogP contribution in [0.4, 0.5) is 5.69 Å². The molecule has 1 aliphatic heterocycles. The van der Waals surface area contributed by atoms with Crippen molar-refractivity contribution in [1.82, 2.24) is 23.8 Å². The predicted octanol–water partition coefficient (Wildman–Crippen LogP) is 1.18. The van der Waals surface area contributed by atoms with Crippen LogP contribution in [0.3, 0.4) is 0 Å². The Kier molecular flexibility index (Phi) is 4.57. The number of aromatic nitrogens is 4. The lowest BCUT2D eigenvalue weighted by Crippen LogP contribution is -2.39. The summed E-state index contributed by atoms with van der Waals surface area (Å²) in [4.78, 5) is 26.8. The van der Waals surface area contributed by atoms with Crippen LogP contribution in [-0.2, 0) is 25.4 Å². The summed E-state index contributed by atoms with van der Waals surface area (Å²) in [6.45, 7) is 2.08. The predicted molar refractivity (Wildman–Crippen MR) is 104 cm³/mol. The lowest BCUT2D eigenvalue weighted by atomic mass is 10.2. The molecule has 0 unspecified atom stereocenters. The lowest BCUT2D eigenvalue weighted by molar-refractivity contribution is -0.117. The molecule has 4 rings (SSSR count). The van der Waals surface area contributed by atoms with Crippen LogP contribution in [0, 0.1) is 0 Å². The first-order valence-electron chi connectivity index (χ1n) is 9.20. The van der Waals surface area contributed by atoms with Crippen LogP contribution in [0.5, 0.6) is 0 Å². The Hall–Kier alpha value is -2.87. The van der Waals surface area contributed by atoms with Crippen LogP contribution in [-0.4, -0.2) is 48.9 Å². The van der Waals surface area contributed by atoms with Gasteiger partial charge in [-0.05, 0) is 43.7 Å². The van der Waals surface area contributed by atoms with Crippen LogP contribution in [0.2, 0.25) is 0 Å². The average Bonchev–Trinajstić information content (AvgIpc) is 3.36. The molecule has 1 amide bonds. The number of fused-ring (bicyclic) bond motifs is 1. The normalized spacial score (nSPS) is 17.6. The zero-order valence-electron chi connectivity index (χ0n) is 15.6. The highest BCUT2D eigenvalue weighted by Crippen LogP contribution is 2.20. The standard InChI is InChI=1S/C19H24N6O2/c1-22-16-7-6-14(11-17(16)23(2)19(22)27)21-18(26)13-24-9-3-5-15(24)12-25-10-4-8-20-25/h4,6-8,10-11,15H,3,5,9,12-13H2,1-2H3,(H,21,26)/t15-/m0/s1. The van der Waals surface area contributed by atoms with E-state index in [1.165, 1.54) is 0 Å². The van der Waals surface area contributed by atoms with Gasteiger partial charge < -0.3 is 5.32 Å². The second-order valence-electron chi connectivity index (χ2n) is 7.15. The van der Waals surface area contributed by atoms with Crippen molar-refractivity contribution in [3.63, 3.8) is 0 Å². The molecule has 1 saturated heterocycles. The maximum atomic E-state index is 12.6. The van der Waals surface area contributed by atoms with Crippen molar-refractivity contribution in [2.45, 2.75) is 25.4 Å². The topological polar surface area (TPSA) is 77.1 Å². The van der Waals surface area contributed by atoms with Gasteiger partial charge in [0, 0.05) is 38.2 Å². The van der Waals surface area contributed by atoms with Crippen molar-refractivity contribution in [2.24, 2.45) is 14.1 Å². The Labute approximate surface area is 157 Å². The molecular weight excluding hydrogens is 344 g/mol. The van der Waals surface area contributed by atoms with Gasteiger partial charge in [-0.15, -0.1) is 0 Å². The summed E-state index contributed by atoms with van der Waals surface area (Å²) in [5.41, 5.74) is 2.28. The van der Waals surface area contributed by atoms with Crippen molar-refractivity contribution in [2.75, 3.05) is 18.4 Å². The Morgan fingerprint density at radius 3 is 2.85 bits per heavy atom. The zero-order chi connectivity index (χ0) is 19.0. The third-order valence-electron chi connectivity index (χ3n) is 5.36. The van der Waals surface area contributed by atoms with Crippen molar-refractivity contribution in [3.05, 3.63) is 47.1 Å². The summed E-state index contributed by atoms with van der Waals surface area (Å²) < 4.78 is 5.11. The van der Waals surface area contributed by atoms with E-state index < -0.39 is 0 Å². The highest BCUT2D eigenvalue weighted by molar-refractivity contribution is 5.94. The molecule has 2 aromatic heterocycles. The molecule has 0 bridgehead atoms. The molecule has 0 radical (unpaired) electrons. The summed E-state index contributed by atoms with van der Waals surface area (Å²) in [7, 11) is 3.48. The molecule has 1 aliphatic rings. The number of carbonyl (C=O) groups excluding carboxylic acids is 1. The number of carbonyl (C=O) groups is 1. The first kappa shape index (κ1) is 17.5. The van der Waals surface area contributed by atoms with E-state index in [0.717, 1.165) is 37.0 Å². The van der Waals surface area contributed by atoms with Crippen molar-refractivity contribution in [1.29, 1.82) is 0 Å². The Morgan fingerprint density at radius 2 is 2.07 bits per heavy atom. The zero-order valence-corrected chi connectivity index (χ0v) is 15.6. The number of anilines is 1. The number of nitrogens with one attached hydrogen (secondary N) is 1. The summed E-state index contributed by atoms with van der Waals surface area (Å²) >= 11 is 0. The molecule has 1 aromatic carbocycles. The quantitative estimate of drug-likeness (QED) is 0.734. The third-order valence-corrected chi connectivity index (χ3v) is 5.36. The maximum Gasteiger partial charge on any atom is 0.328 e. The number of rotatable bonds is 5. The summed E-state index contributed by atoms with van der Waals surface area (Å²) in [6, 6.07) is 7.79. The van der Waals surface area contributed by atoms with Crippen molar-refractivity contribution >= 4 is 22.6 Å². The summed E-state index contributed by atoms with van der Waals surface area (Å²) in [6.07, 6.45) is 5.90. The van der Waals surface area contributed by atoms with Crippen LogP contribution >= 0.6 is 0 Å². The molecule has 142 valence electrons. The van der Waals surface area contributed by atoms with Gasteiger partial charge in [-0.1, -0.05) is 0 Å². The molecule has 8 heteroatoms. The van der Waals surface area contributed by atoms with Gasteiger partial charge >= 0.3 is 5.69 Å². The van der Waals surface area contributed by atoms with Gasteiger partial charge in [0.25, 0.3) is 0 Å². The van der Waals surface area contributed by atoms with E-state index in [2.05, 4.69) is 15.3 Å². The van der Waals surface area contributed by atoms with Gasteiger partial charge in [0.05, 0.1) is 24.1 Å². The minimum Gasteiger partial charge on any atom is -0.325 e. The Bertz CT molecular complexity index is 1020. The van der Waals surface area contributed by atoms with Crippen molar-refractivity contribution in [3.8, 4) is 0 Å².